The lowest BCUT2D eigenvalue weighted by molar-refractivity contribution is 0.476. The molecule has 0 saturated heterocycles. The normalized spacial score (nSPS) is 10.9. The van der Waals surface area contributed by atoms with Crippen molar-refractivity contribution < 1.29 is 5.11 Å². The van der Waals surface area contributed by atoms with Crippen LogP contribution in [0.4, 0.5) is 5.69 Å². The fraction of sp³-hybridized carbons (Fsp3) is 0.211. The summed E-state index contributed by atoms with van der Waals surface area (Å²) in [6.45, 7) is 6.66. The van der Waals surface area contributed by atoms with Crippen molar-refractivity contribution in [2.75, 3.05) is 5.32 Å². The number of nitrogens with one attached hydrogen (secondary N) is 1. The Hall–Kier alpha value is -2.55. The molecule has 3 heteroatoms. The SMILES string of the molecule is Cc1ccccc1NCc1ccc2c(C)cc(C)c(O)c2n1. The van der Waals surface area contributed by atoms with Crippen LogP contribution < -0.4 is 5.32 Å². The van der Waals surface area contributed by atoms with E-state index in [0.717, 1.165) is 27.9 Å². The molecule has 0 saturated carbocycles. The fourth-order valence-electron chi connectivity index (χ4n) is 2.71. The highest BCUT2D eigenvalue weighted by Crippen LogP contribution is 2.29. The van der Waals surface area contributed by atoms with E-state index in [9.17, 15) is 5.11 Å². The van der Waals surface area contributed by atoms with Gasteiger partial charge in [-0.2, -0.15) is 0 Å². The number of phenolic OH excluding ortho intramolecular Hbond substituents is 1. The lowest BCUT2D eigenvalue weighted by Gasteiger charge is -2.11. The molecular weight excluding hydrogens is 272 g/mol. The third-order valence-electron chi connectivity index (χ3n) is 4.01. The number of nitrogens with zero attached hydrogens (tertiary/aromatic N) is 1. The third-order valence-corrected chi connectivity index (χ3v) is 4.01. The van der Waals surface area contributed by atoms with E-state index in [1.165, 1.54) is 5.56 Å². The molecule has 3 aromatic rings. The van der Waals surface area contributed by atoms with Gasteiger partial charge in [-0.25, -0.2) is 4.98 Å². The molecule has 22 heavy (non-hydrogen) atoms. The Morgan fingerprint density at radius 2 is 1.73 bits per heavy atom. The molecule has 0 amide bonds. The molecule has 112 valence electrons. The van der Waals surface area contributed by atoms with Gasteiger partial charge in [-0.05, 0) is 49.6 Å². The molecule has 0 aliphatic carbocycles. The average molecular weight is 292 g/mol. The van der Waals surface area contributed by atoms with Crippen LogP contribution in [0.15, 0.2) is 42.5 Å². The summed E-state index contributed by atoms with van der Waals surface area (Å²) in [4.78, 5) is 4.63. The maximum Gasteiger partial charge on any atom is 0.144 e. The number of pyridine rings is 1. The predicted octanol–water partition coefficient (Wildman–Crippen LogP) is 4.48. The molecule has 1 aromatic heterocycles. The lowest BCUT2D eigenvalue weighted by Crippen LogP contribution is -2.03. The number of fused-ring (bicyclic) bond motifs is 1. The number of hydrogen-bond acceptors (Lipinski definition) is 3. The van der Waals surface area contributed by atoms with Crippen LogP contribution in [0.2, 0.25) is 0 Å². The Kier molecular flexibility index (Phi) is 3.72. The van der Waals surface area contributed by atoms with Crippen LogP contribution in [0.3, 0.4) is 0 Å². The lowest BCUT2D eigenvalue weighted by atomic mass is 10.0. The Bertz CT molecular complexity index is 840. The Balaban J connectivity index is 1.92. The molecular formula is C19H20N2O. The highest BCUT2D eigenvalue weighted by Gasteiger charge is 2.09. The van der Waals surface area contributed by atoms with Gasteiger partial charge in [0, 0.05) is 11.1 Å². The molecule has 0 aliphatic rings. The second-order valence-electron chi connectivity index (χ2n) is 5.73. The van der Waals surface area contributed by atoms with Crippen LogP contribution >= 0.6 is 0 Å². The maximum absolute atomic E-state index is 10.3. The molecule has 0 radical (unpaired) electrons. The Labute approximate surface area is 130 Å². The number of aromatic nitrogens is 1. The monoisotopic (exact) mass is 292 g/mol. The van der Waals surface area contributed by atoms with Gasteiger partial charge in [0.15, 0.2) is 0 Å². The largest absolute Gasteiger partial charge is 0.505 e. The quantitative estimate of drug-likeness (QED) is 0.748. The number of aryl methyl sites for hydroxylation is 3. The van der Waals surface area contributed by atoms with Crippen LogP contribution in [0.5, 0.6) is 5.75 Å². The van der Waals surface area contributed by atoms with Gasteiger partial charge in [0.05, 0.1) is 12.2 Å². The number of hydrogen-bond donors (Lipinski definition) is 2. The average Bonchev–Trinajstić information content (AvgIpc) is 2.52. The minimum absolute atomic E-state index is 0.276. The van der Waals surface area contributed by atoms with Crippen molar-refractivity contribution in [3.05, 3.63) is 64.8 Å². The number of aromatic hydroxyl groups is 1. The first-order valence-corrected chi connectivity index (χ1v) is 7.44. The number of rotatable bonds is 3. The number of benzene rings is 2. The van der Waals surface area contributed by atoms with E-state index in [0.29, 0.717) is 12.1 Å². The fourth-order valence-corrected chi connectivity index (χ4v) is 2.71. The van der Waals surface area contributed by atoms with Gasteiger partial charge in [-0.3, -0.25) is 0 Å². The van der Waals surface area contributed by atoms with Gasteiger partial charge in [0.1, 0.15) is 11.3 Å². The van der Waals surface area contributed by atoms with Crippen molar-refractivity contribution in [2.45, 2.75) is 27.3 Å². The highest BCUT2D eigenvalue weighted by molar-refractivity contribution is 5.88. The van der Waals surface area contributed by atoms with Crippen molar-refractivity contribution >= 4 is 16.6 Å². The Morgan fingerprint density at radius 3 is 2.50 bits per heavy atom. The smallest absolute Gasteiger partial charge is 0.144 e. The van der Waals surface area contributed by atoms with Gasteiger partial charge >= 0.3 is 0 Å². The molecule has 3 rings (SSSR count). The molecule has 2 N–H and O–H groups in total. The van der Waals surface area contributed by atoms with Gasteiger partial charge in [-0.1, -0.05) is 30.3 Å². The molecule has 0 atom stereocenters. The van der Waals surface area contributed by atoms with Crippen molar-refractivity contribution in [1.82, 2.24) is 4.98 Å². The first-order valence-electron chi connectivity index (χ1n) is 7.44. The van der Waals surface area contributed by atoms with Crippen LogP contribution in [-0.2, 0) is 6.54 Å². The summed E-state index contributed by atoms with van der Waals surface area (Å²) in [5.41, 5.74) is 5.90. The van der Waals surface area contributed by atoms with Gasteiger partial charge in [0.25, 0.3) is 0 Å². The molecule has 3 nitrogen and oxygen atoms in total. The zero-order valence-corrected chi connectivity index (χ0v) is 13.1. The number of anilines is 1. The van der Waals surface area contributed by atoms with E-state index in [2.05, 4.69) is 29.4 Å². The molecule has 0 bridgehead atoms. The number of para-hydroxylation sites is 1. The zero-order chi connectivity index (χ0) is 15.7. The van der Waals surface area contributed by atoms with Crippen LogP contribution in [0, 0.1) is 20.8 Å². The predicted molar refractivity (Wildman–Crippen MR) is 91.4 cm³/mol. The van der Waals surface area contributed by atoms with E-state index in [1.807, 2.05) is 44.2 Å². The standard InChI is InChI=1S/C19H20N2O/c1-12-6-4-5-7-17(12)20-11-15-8-9-16-13(2)10-14(3)19(22)18(16)21-15/h4-10,20,22H,11H2,1-3H3. The van der Waals surface area contributed by atoms with Gasteiger partial charge in [0.2, 0.25) is 0 Å². The first kappa shape index (κ1) is 14.4. The molecule has 2 aromatic carbocycles. The van der Waals surface area contributed by atoms with Crippen molar-refractivity contribution in [3.63, 3.8) is 0 Å². The minimum Gasteiger partial charge on any atom is -0.505 e. The van der Waals surface area contributed by atoms with Crippen molar-refractivity contribution in [3.8, 4) is 5.75 Å². The summed E-state index contributed by atoms with van der Waals surface area (Å²) >= 11 is 0. The molecule has 1 heterocycles. The summed E-state index contributed by atoms with van der Waals surface area (Å²) in [5.74, 6) is 0.276. The van der Waals surface area contributed by atoms with Crippen LogP contribution in [0.25, 0.3) is 10.9 Å². The molecule has 0 fully saturated rings. The molecule has 0 unspecified atom stereocenters. The van der Waals surface area contributed by atoms with E-state index in [1.54, 1.807) is 0 Å². The molecule has 0 aliphatic heterocycles. The topological polar surface area (TPSA) is 45.1 Å². The van der Waals surface area contributed by atoms with E-state index < -0.39 is 0 Å². The minimum atomic E-state index is 0.276. The van der Waals surface area contributed by atoms with Gasteiger partial charge in [-0.15, -0.1) is 0 Å². The van der Waals surface area contributed by atoms with Crippen molar-refractivity contribution in [2.24, 2.45) is 0 Å². The maximum atomic E-state index is 10.3. The Morgan fingerprint density at radius 1 is 0.955 bits per heavy atom. The van der Waals surface area contributed by atoms with E-state index in [4.69, 9.17) is 0 Å². The van der Waals surface area contributed by atoms with Crippen LogP contribution in [-0.4, -0.2) is 10.1 Å². The van der Waals surface area contributed by atoms with E-state index >= 15 is 0 Å². The molecule has 0 spiro atoms. The van der Waals surface area contributed by atoms with Gasteiger partial charge < -0.3 is 10.4 Å². The van der Waals surface area contributed by atoms with Crippen molar-refractivity contribution in [1.29, 1.82) is 0 Å². The second kappa shape index (κ2) is 5.68. The summed E-state index contributed by atoms with van der Waals surface area (Å²) < 4.78 is 0. The second-order valence-corrected chi connectivity index (χ2v) is 5.73. The summed E-state index contributed by atoms with van der Waals surface area (Å²) in [5, 5.41) is 14.7. The van der Waals surface area contributed by atoms with Crippen LogP contribution in [0.1, 0.15) is 22.4 Å². The first-order chi connectivity index (χ1) is 10.6. The van der Waals surface area contributed by atoms with E-state index in [-0.39, 0.29) is 5.75 Å². The highest BCUT2D eigenvalue weighted by atomic mass is 16.3. The summed E-state index contributed by atoms with van der Waals surface area (Å²) in [7, 11) is 0. The summed E-state index contributed by atoms with van der Waals surface area (Å²) in [6, 6.07) is 14.2. The summed E-state index contributed by atoms with van der Waals surface area (Å²) in [6.07, 6.45) is 0. The number of phenols is 1. The zero-order valence-electron chi connectivity index (χ0n) is 13.1. The third kappa shape index (κ3) is 2.62.